The molecule has 28 heavy (non-hydrogen) atoms. The third-order valence-corrected chi connectivity index (χ3v) is 7.53. The van der Waals surface area contributed by atoms with Gasteiger partial charge in [-0.3, -0.25) is 4.98 Å². The highest BCUT2D eigenvalue weighted by molar-refractivity contribution is 7.89. The first-order valence-corrected chi connectivity index (χ1v) is 10.9. The molecule has 0 atom stereocenters. The Morgan fingerprint density at radius 3 is 2.36 bits per heavy atom. The summed E-state index contributed by atoms with van der Waals surface area (Å²) < 4.78 is 28.3. The lowest BCUT2D eigenvalue weighted by atomic mass is 9.96. The van der Waals surface area contributed by atoms with E-state index in [9.17, 15) is 8.42 Å². The minimum atomic E-state index is -3.52. The highest BCUT2D eigenvalue weighted by atomic mass is 32.2. The van der Waals surface area contributed by atoms with Gasteiger partial charge in [0.05, 0.1) is 4.90 Å². The second kappa shape index (κ2) is 7.15. The molecule has 0 spiro atoms. The summed E-state index contributed by atoms with van der Waals surface area (Å²) in [6.45, 7) is 6.67. The molecule has 1 aliphatic rings. The summed E-state index contributed by atoms with van der Waals surface area (Å²) in [6, 6.07) is 14.1. The highest BCUT2D eigenvalue weighted by Gasteiger charge is 2.30. The van der Waals surface area contributed by atoms with Crippen molar-refractivity contribution < 1.29 is 8.42 Å². The lowest BCUT2D eigenvalue weighted by Crippen LogP contribution is -2.36. The van der Waals surface area contributed by atoms with Crippen LogP contribution in [0.3, 0.4) is 0 Å². The first-order valence-electron chi connectivity index (χ1n) is 9.46. The number of nitrogens with zero attached hydrogens (tertiary/aromatic N) is 2. The molecule has 1 aliphatic heterocycles. The van der Waals surface area contributed by atoms with Gasteiger partial charge in [-0.05, 0) is 66.6 Å². The number of hydrogen-bond donors (Lipinski definition) is 0. The van der Waals surface area contributed by atoms with Crippen LogP contribution in [-0.2, 0) is 23.0 Å². The summed E-state index contributed by atoms with van der Waals surface area (Å²) in [5, 5.41) is 0. The van der Waals surface area contributed by atoms with Gasteiger partial charge in [-0.2, -0.15) is 4.31 Å². The Hall–Kier alpha value is -2.50. The number of sulfonamides is 1. The zero-order chi connectivity index (χ0) is 19.9. The third kappa shape index (κ3) is 3.36. The second-order valence-corrected chi connectivity index (χ2v) is 9.42. The zero-order valence-electron chi connectivity index (χ0n) is 16.4. The molecule has 2 heterocycles. The summed E-state index contributed by atoms with van der Waals surface area (Å²) in [7, 11) is -3.52. The van der Waals surface area contributed by atoms with Crippen LogP contribution >= 0.6 is 0 Å². The Balaban J connectivity index is 1.66. The Labute approximate surface area is 166 Å². The van der Waals surface area contributed by atoms with Crippen molar-refractivity contribution >= 4 is 10.0 Å². The van der Waals surface area contributed by atoms with Crippen LogP contribution in [0.15, 0.2) is 59.8 Å². The maximum Gasteiger partial charge on any atom is 0.243 e. The van der Waals surface area contributed by atoms with Gasteiger partial charge in [-0.25, -0.2) is 8.42 Å². The van der Waals surface area contributed by atoms with Crippen LogP contribution in [0.1, 0.15) is 27.8 Å². The predicted octanol–water partition coefficient (Wildman–Crippen LogP) is 4.42. The fourth-order valence-corrected chi connectivity index (χ4v) is 5.98. The molecule has 0 fully saturated rings. The molecule has 144 valence electrons. The van der Waals surface area contributed by atoms with Gasteiger partial charge in [0.1, 0.15) is 0 Å². The molecular weight excluding hydrogens is 368 g/mol. The van der Waals surface area contributed by atoms with E-state index in [1.165, 1.54) is 5.56 Å². The summed E-state index contributed by atoms with van der Waals surface area (Å²) in [5.41, 5.74) is 7.20. The zero-order valence-corrected chi connectivity index (χ0v) is 17.3. The van der Waals surface area contributed by atoms with E-state index in [2.05, 4.69) is 11.1 Å². The van der Waals surface area contributed by atoms with E-state index in [4.69, 9.17) is 0 Å². The molecule has 0 unspecified atom stereocenters. The van der Waals surface area contributed by atoms with Crippen LogP contribution in [0.4, 0.5) is 0 Å². The molecule has 1 aromatic heterocycles. The predicted molar refractivity (Wildman–Crippen MR) is 112 cm³/mol. The monoisotopic (exact) mass is 392 g/mol. The number of hydrogen-bond acceptors (Lipinski definition) is 3. The first-order chi connectivity index (χ1) is 13.4. The van der Waals surface area contributed by atoms with E-state index in [1.807, 2.05) is 63.4 Å². The third-order valence-electron chi connectivity index (χ3n) is 5.38. The van der Waals surface area contributed by atoms with E-state index in [0.717, 1.165) is 33.4 Å². The van der Waals surface area contributed by atoms with E-state index in [1.54, 1.807) is 10.5 Å². The quantitative estimate of drug-likeness (QED) is 0.663. The van der Waals surface area contributed by atoms with E-state index >= 15 is 0 Å². The maximum absolute atomic E-state index is 13.4. The summed E-state index contributed by atoms with van der Waals surface area (Å²) >= 11 is 0. The van der Waals surface area contributed by atoms with Crippen LogP contribution in [0.25, 0.3) is 11.1 Å². The van der Waals surface area contributed by atoms with Gasteiger partial charge < -0.3 is 0 Å². The molecule has 0 radical (unpaired) electrons. The van der Waals surface area contributed by atoms with Crippen LogP contribution in [-0.4, -0.2) is 24.3 Å². The van der Waals surface area contributed by atoms with Crippen molar-refractivity contribution in [1.82, 2.24) is 9.29 Å². The van der Waals surface area contributed by atoms with Gasteiger partial charge in [0.25, 0.3) is 0 Å². The first kappa shape index (κ1) is 18.8. The van der Waals surface area contributed by atoms with Gasteiger partial charge in [0, 0.05) is 25.5 Å². The van der Waals surface area contributed by atoms with Crippen LogP contribution < -0.4 is 0 Å². The molecule has 0 saturated heterocycles. The minimum absolute atomic E-state index is 0.414. The molecule has 0 amide bonds. The molecular formula is C23H24N2O2S. The molecule has 2 aromatic carbocycles. The lowest BCUT2D eigenvalue weighted by molar-refractivity contribution is 0.391. The summed E-state index contributed by atoms with van der Waals surface area (Å²) in [5.74, 6) is 0. The highest BCUT2D eigenvalue weighted by Crippen LogP contribution is 2.31. The van der Waals surface area contributed by atoms with Gasteiger partial charge in [-0.15, -0.1) is 0 Å². The summed E-state index contributed by atoms with van der Waals surface area (Å²) in [6.07, 6.45) is 4.33. The van der Waals surface area contributed by atoms with Gasteiger partial charge in [-0.1, -0.05) is 42.0 Å². The van der Waals surface area contributed by atoms with Crippen molar-refractivity contribution in [2.45, 2.75) is 38.6 Å². The normalized spacial score (nSPS) is 14.7. The van der Waals surface area contributed by atoms with Crippen molar-refractivity contribution in [3.05, 3.63) is 82.7 Å². The number of aromatic nitrogens is 1. The number of benzene rings is 2. The van der Waals surface area contributed by atoms with E-state index in [-0.39, 0.29) is 0 Å². The Morgan fingerprint density at radius 1 is 0.929 bits per heavy atom. The Morgan fingerprint density at radius 2 is 1.68 bits per heavy atom. The van der Waals surface area contributed by atoms with Crippen LogP contribution in [0.5, 0.6) is 0 Å². The smallest absolute Gasteiger partial charge is 0.243 e. The van der Waals surface area contributed by atoms with Gasteiger partial charge in [0.2, 0.25) is 10.0 Å². The SMILES string of the molecule is Cc1cc(C)c(S(=O)(=O)N2CCc3cc(-c4cccnc4)ccc3C2)c(C)c1. The maximum atomic E-state index is 13.4. The summed E-state index contributed by atoms with van der Waals surface area (Å²) in [4.78, 5) is 4.64. The average Bonchev–Trinajstić information content (AvgIpc) is 2.66. The van der Waals surface area contributed by atoms with Crippen LogP contribution in [0.2, 0.25) is 0 Å². The van der Waals surface area contributed by atoms with Crippen molar-refractivity contribution in [1.29, 1.82) is 0 Å². The molecule has 0 saturated carbocycles. The van der Waals surface area contributed by atoms with Gasteiger partial charge in [0.15, 0.2) is 0 Å². The lowest BCUT2D eigenvalue weighted by Gasteiger charge is -2.29. The molecule has 4 nitrogen and oxygen atoms in total. The van der Waals surface area contributed by atoms with Crippen molar-refractivity contribution in [2.24, 2.45) is 0 Å². The topological polar surface area (TPSA) is 50.3 Å². The fourth-order valence-electron chi connectivity index (χ4n) is 4.15. The number of fused-ring (bicyclic) bond motifs is 1. The van der Waals surface area contributed by atoms with Gasteiger partial charge >= 0.3 is 0 Å². The molecule has 0 bridgehead atoms. The number of rotatable bonds is 3. The van der Waals surface area contributed by atoms with Crippen molar-refractivity contribution in [2.75, 3.05) is 6.54 Å². The fraction of sp³-hybridized carbons (Fsp3) is 0.261. The largest absolute Gasteiger partial charge is 0.264 e. The Kier molecular flexibility index (Phi) is 4.81. The molecule has 0 N–H and O–H groups in total. The molecule has 4 rings (SSSR count). The number of pyridine rings is 1. The molecule has 3 aromatic rings. The molecule has 5 heteroatoms. The van der Waals surface area contributed by atoms with Crippen LogP contribution in [0, 0.1) is 20.8 Å². The minimum Gasteiger partial charge on any atom is -0.264 e. The number of aryl methyl sites for hydroxylation is 3. The second-order valence-electron chi connectivity index (χ2n) is 7.54. The molecule has 0 aliphatic carbocycles. The van der Waals surface area contributed by atoms with Crippen molar-refractivity contribution in [3.8, 4) is 11.1 Å². The van der Waals surface area contributed by atoms with E-state index in [0.29, 0.717) is 24.4 Å². The van der Waals surface area contributed by atoms with Crippen molar-refractivity contribution in [3.63, 3.8) is 0 Å². The Bertz CT molecular complexity index is 1120. The standard InChI is InChI=1S/C23H24N2O2S/c1-16-11-17(2)23(18(3)12-16)28(26,27)25-10-8-20-13-19(6-7-22(20)15-25)21-5-4-9-24-14-21/h4-7,9,11-14H,8,10,15H2,1-3H3. The average molecular weight is 393 g/mol. The van der Waals surface area contributed by atoms with E-state index < -0.39 is 10.0 Å².